The first-order valence-electron chi connectivity index (χ1n) is 8.96. The standard InChI is InChI=1S/C21H17F3N4O3/c1-25-19(29)18-12-15(10-11-26-18)31-14-8-6-13(7-9-14)27-20(30)28-17-5-3-2-4-16(17)21(22,23)24/h2-12H,1H3,(H,25,29)(H2,27,28,30). The highest BCUT2D eigenvalue weighted by atomic mass is 19.4. The molecule has 0 radical (unpaired) electrons. The minimum atomic E-state index is -4.59. The smallest absolute Gasteiger partial charge is 0.418 e. The lowest BCUT2D eigenvalue weighted by atomic mass is 10.1. The summed E-state index contributed by atoms with van der Waals surface area (Å²) in [5.41, 5.74) is -0.761. The Morgan fingerprint density at radius 1 is 0.935 bits per heavy atom. The molecule has 1 aromatic heterocycles. The van der Waals surface area contributed by atoms with E-state index in [1.165, 1.54) is 49.6 Å². The van der Waals surface area contributed by atoms with Crippen molar-refractivity contribution >= 4 is 23.3 Å². The Kier molecular flexibility index (Phi) is 6.39. The second-order valence-corrected chi connectivity index (χ2v) is 6.20. The molecule has 1 heterocycles. The number of carbonyl (C=O) groups is 2. The highest BCUT2D eigenvalue weighted by Gasteiger charge is 2.33. The number of rotatable bonds is 5. The Labute approximate surface area is 175 Å². The number of para-hydroxylation sites is 1. The van der Waals surface area contributed by atoms with Crippen LogP contribution in [-0.2, 0) is 6.18 Å². The van der Waals surface area contributed by atoms with Crippen LogP contribution < -0.4 is 20.7 Å². The number of nitrogens with zero attached hydrogens (tertiary/aromatic N) is 1. The minimum absolute atomic E-state index is 0.189. The number of anilines is 2. The van der Waals surface area contributed by atoms with E-state index < -0.39 is 17.8 Å². The summed E-state index contributed by atoms with van der Waals surface area (Å²) >= 11 is 0. The number of halogens is 3. The van der Waals surface area contributed by atoms with Gasteiger partial charge in [-0.1, -0.05) is 12.1 Å². The number of benzene rings is 2. The highest BCUT2D eigenvalue weighted by molar-refractivity contribution is 6.00. The number of urea groups is 1. The molecule has 0 saturated heterocycles. The number of alkyl halides is 3. The first-order valence-corrected chi connectivity index (χ1v) is 8.96. The van der Waals surface area contributed by atoms with E-state index in [1.807, 2.05) is 0 Å². The zero-order valence-electron chi connectivity index (χ0n) is 16.2. The van der Waals surface area contributed by atoms with Gasteiger partial charge in [-0.2, -0.15) is 13.2 Å². The second-order valence-electron chi connectivity index (χ2n) is 6.20. The Morgan fingerprint density at radius 3 is 2.32 bits per heavy atom. The van der Waals surface area contributed by atoms with Crippen molar-refractivity contribution in [3.8, 4) is 11.5 Å². The SMILES string of the molecule is CNC(=O)c1cc(Oc2ccc(NC(=O)Nc3ccccc3C(F)(F)F)cc2)ccn1. The van der Waals surface area contributed by atoms with Crippen LogP contribution in [0.15, 0.2) is 66.9 Å². The van der Waals surface area contributed by atoms with Crippen LogP contribution in [0.1, 0.15) is 16.1 Å². The van der Waals surface area contributed by atoms with Crippen LogP contribution in [-0.4, -0.2) is 24.0 Å². The molecule has 0 spiro atoms. The van der Waals surface area contributed by atoms with E-state index in [2.05, 4.69) is 20.9 Å². The van der Waals surface area contributed by atoms with E-state index >= 15 is 0 Å². The second kappa shape index (κ2) is 9.16. The number of ether oxygens (including phenoxy) is 1. The molecule has 0 fully saturated rings. The predicted octanol–water partition coefficient (Wildman–Crippen LogP) is 4.90. The van der Waals surface area contributed by atoms with Gasteiger partial charge < -0.3 is 20.7 Å². The summed E-state index contributed by atoms with van der Waals surface area (Å²) in [6.45, 7) is 0. The Morgan fingerprint density at radius 2 is 1.65 bits per heavy atom. The molecule has 0 unspecified atom stereocenters. The lowest BCUT2D eigenvalue weighted by molar-refractivity contribution is -0.136. The van der Waals surface area contributed by atoms with Gasteiger partial charge in [0.25, 0.3) is 5.91 Å². The van der Waals surface area contributed by atoms with Crippen molar-refractivity contribution in [2.45, 2.75) is 6.18 Å². The van der Waals surface area contributed by atoms with Gasteiger partial charge in [0.05, 0.1) is 11.3 Å². The quantitative estimate of drug-likeness (QED) is 0.537. The number of carbonyl (C=O) groups excluding carboxylic acids is 2. The molecule has 7 nitrogen and oxygen atoms in total. The van der Waals surface area contributed by atoms with E-state index in [4.69, 9.17) is 4.74 Å². The van der Waals surface area contributed by atoms with Crippen molar-refractivity contribution < 1.29 is 27.5 Å². The fraction of sp³-hybridized carbons (Fsp3) is 0.0952. The number of amides is 3. The molecule has 3 amide bonds. The maximum Gasteiger partial charge on any atom is 0.418 e. The van der Waals surface area contributed by atoms with Gasteiger partial charge in [-0.05, 0) is 42.5 Å². The number of aromatic nitrogens is 1. The number of pyridine rings is 1. The van der Waals surface area contributed by atoms with Crippen molar-refractivity contribution in [1.29, 1.82) is 0 Å². The molecule has 31 heavy (non-hydrogen) atoms. The molecule has 160 valence electrons. The molecule has 0 saturated carbocycles. The van der Waals surface area contributed by atoms with Gasteiger partial charge in [-0.15, -0.1) is 0 Å². The molecule has 3 aromatic rings. The van der Waals surface area contributed by atoms with Crippen LogP contribution in [0.2, 0.25) is 0 Å². The van der Waals surface area contributed by atoms with E-state index in [0.29, 0.717) is 17.2 Å². The third-order valence-electron chi connectivity index (χ3n) is 4.02. The van der Waals surface area contributed by atoms with E-state index in [1.54, 1.807) is 18.2 Å². The summed E-state index contributed by atoms with van der Waals surface area (Å²) in [4.78, 5) is 27.7. The lowest BCUT2D eigenvalue weighted by Gasteiger charge is -2.14. The monoisotopic (exact) mass is 430 g/mol. The lowest BCUT2D eigenvalue weighted by Crippen LogP contribution is -2.21. The molecule has 10 heteroatoms. The van der Waals surface area contributed by atoms with Gasteiger partial charge in [-0.3, -0.25) is 9.78 Å². The van der Waals surface area contributed by atoms with Crippen LogP contribution in [0.25, 0.3) is 0 Å². The summed E-state index contributed by atoms with van der Waals surface area (Å²) in [6.07, 6.45) is -3.16. The van der Waals surface area contributed by atoms with Gasteiger partial charge in [0.2, 0.25) is 0 Å². The van der Waals surface area contributed by atoms with Crippen molar-refractivity contribution in [2.24, 2.45) is 0 Å². The minimum Gasteiger partial charge on any atom is -0.457 e. The summed E-state index contributed by atoms with van der Waals surface area (Å²) in [5, 5.41) is 7.11. The molecule has 0 aliphatic carbocycles. The highest BCUT2D eigenvalue weighted by Crippen LogP contribution is 2.34. The fourth-order valence-electron chi connectivity index (χ4n) is 2.59. The van der Waals surface area contributed by atoms with Crippen molar-refractivity contribution in [1.82, 2.24) is 10.3 Å². The predicted molar refractivity (Wildman–Crippen MR) is 108 cm³/mol. The van der Waals surface area contributed by atoms with Gasteiger partial charge in [0, 0.05) is 25.0 Å². The van der Waals surface area contributed by atoms with Crippen LogP contribution >= 0.6 is 0 Å². The molecular formula is C21H17F3N4O3. The molecule has 3 N–H and O–H groups in total. The van der Waals surface area contributed by atoms with E-state index in [9.17, 15) is 22.8 Å². The van der Waals surface area contributed by atoms with Gasteiger partial charge >= 0.3 is 12.2 Å². The number of nitrogens with one attached hydrogen (secondary N) is 3. The maximum atomic E-state index is 13.0. The summed E-state index contributed by atoms with van der Waals surface area (Å²) in [5.74, 6) is 0.446. The van der Waals surface area contributed by atoms with Crippen LogP contribution in [0.4, 0.5) is 29.3 Å². The molecule has 0 aliphatic heterocycles. The van der Waals surface area contributed by atoms with Crippen molar-refractivity contribution in [2.75, 3.05) is 17.7 Å². The molecular weight excluding hydrogens is 413 g/mol. The van der Waals surface area contributed by atoms with E-state index in [-0.39, 0.29) is 17.3 Å². The Balaban J connectivity index is 1.64. The molecule has 3 rings (SSSR count). The summed E-state index contributed by atoms with van der Waals surface area (Å²) in [6, 6.07) is 13.1. The summed E-state index contributed by atoms with van der Waals surface area (Å²) in [7, 11) is 1.49. The first kappa shape index (κ1) is 21.6. The molecule has 2 aromatic carbocycles. The van der Waals surface area contributed by atoms with Crippen molar-refractivity contribution in [3.63, 3.8) is 0 Å². The zero-order chi connectivity index (χ0) is 22.4. The number of hydrogen-bond acceptors (Lipinski definition) is 4. The zero-order valence-corrected chi connectivity index (χ0v) is 16.2. The van der Waals surface area contributed by atoms with Gasteiger partial charge in [-0.25, -0.2) is 4.79 Å². The summed E-state index contributed by atoms with van der Waals surface area (Å²) < 4.78 is 44.7. The molecule has 0 bridgehead atoms. The third-order valence-corrected chi connectivity index (χ3v) is 4.02. The van der Waals surface area contributed by atoms with Crippen LogP contribution in [0, 0.1) is 0 Å². The topological polar surface area (TPSA) is 92.4 Å². The maximum absolute atomic E-state index is 13.0. The average molecular weight is 430 g/mol. The Bertz CT molecular complexity index is 1090. The van der Waals surface area contributed by atoms with Gasteiger partial charge in [0.1, 0.15) is 17.2 Å². The fourth-order valence-corrected chi connectivity index (χ4v) is 2.59. The normalized spacial score (nSPS) is 10.8. The van der Waals surface area contributed by atoms with Crippen LogP contribution in [0.5, 0.6) is 11.5 Å². The van der Waals surface area contributed by atoms with Crippen LogP contribution in [0.3, 0.4) is 0 Å². The van der Waals surface area contributed by atoms with Crippen molar-refractivity contribution in [3.05, 3.63) is 78.1 Å². The van der Waals surface area contributed by atoms with E-state index in [0.717, 1.165) is 6.07 Å². The Hall–Kier alpha value is -4.08. The first-order chi connectivity index (χ1) is 14.8. The largest absolute Gasteiger partial charge is 0.457 e. The third kappa shape index (κ3) is 5.72. The molecule has 0 atom stereocenters. The number of hydrogen-bond donors (Lipinski definition) is 3. The average Bonchev–Trinajstić information content (AvgIpc) is 2.74. The van der Waals surface area contributed by atoms with Gasteiger partial charge in [0.15, 0.2) is 0 Å². The molecule has 0 aliphatic rings.